The molecule has 0 aromatic heterocycles. The Morgan fingerprint density at radius 1 is 1.14 bits per heavy atom. The zero-order chi connectivity index (χ0) is 21.6. The quantitative estimate of drug-likeness (QED) is 0.535. The van der Waals surface area contributed by atoms with E-state index in [0.29, 0.717) is 22.4 Å². The number of alkyl halides is 3. The number of ether oxygens (including phenoxy) is 2. The van der Waals surface area contributed by atoms with Gasteiger partial charge in [-0.3, -0.25) is 0 Å². The molecule has 1 N–H and O–H groups in total. The van der Waals surface area contributed by atoms with E-state index in [1.165, 1.54) is 24.3 Å². The normalized spacial score (nSPS) is 11.9. The van der Waals surface area contributed by atoms with Crippen LogP contribution in [0.15, 0.2) is 48.2 Å². The van der Waals surface area contributed by atoms with Gasteiger partial charge in [0.1, 0.15) is 5.75 Å². The van der Waals surface area contributed by atoms with Gasteiger partial charge in [-0.05, 0) is 74.3 Å². The van der Waals surface area contributed by atoms with Crippen molar-refractivity contribution in [1.29, 1.82) is 0 Å². The molecule has 156 valence electrons. The topological polar surface area (TPSA) is 47.6 Å². The standard InChI is InChI=1S/C22H24F3NO3/c1-5-14(3)13-26-20-12-17(21(27)28-6-2)11-19(15(20)4)16-7-9-18(10-8-16)29-22(23,24)25/h7-13,26H,5-6H2,1-4H3/b14-13+. The molecule has 0 heterocycles. The number of anilines is 1. The number of hydrogen-bond donors (Lipinski definition) is 1. The van der Waals surface area contributed by atoms with E-state index in [1.807, 2.05) is 27.0 Å². The van der Waals surface area contributed by atoms with Crippen LogP contribution in [0.2, 0.25) is 0 Å². The Kier molecular flexibility index (Phi) is 7.31. The van der Waals surface area contributed by atoms with Crippen LogP contribution in [-0.4, -0.2) is 18.9 Å². The van der Waals surface area contributed by atoms with Gasteiger partial charge in [0.05, 0.1) is 12.2 Å². The largest absolute Gasteiger partial charge is 0.573 e. The lowest BCUT2D eigenvalue weighted by atomic mass is 9.96. The van der Waals surface area contributed by atoms with Crippen LogP contribution in [0.25, 0.3) is 11.1 Å². The Bertz CT molecular complexity index is 887. The Morgan fingerprint density at radius 3 is 2.34 bits per heavy atom. The van der Waals surface area contributed by atoms with Gasteiger partial charge in [-0.25, -0.2) is 4.79 Å². The van der Waals surface area contributed by atoms with Gasteiger partial charge < -0.3 is 14.8 Å². The Morgan fingerprint density at radius 2 is 1.79 bits per heavy atom. The Balaban J connectivity index is 2.48. The summed E-state index contributed by atoms with van der Waals surface area (Å²) in [4.78, 5) is 12.3. The van der Waals surface area contributed by atoms with Crippen LogP contribution in [0.3, 0.4) is 0 Å². The molecule has 0 bridgehead atoms. The number of hydrogen-bond acceptors (Lipinski definition) is 4. The summed E-state index contributed by atoms with van der Waals surface area (Å²) in [7, 11) is 0. The van der Waals surface area contributed by atoms with Gasteiger partial charge in [0.15, 0.2) is 0 Å². The summed E-state index contributed by atoms with van der Waals surface area (Å²) in [6.45, 7) is 7.85. The van der Waals surface area contributed by atoms with Crippen molar-refractivity contribution in [3.8, 4) is 16.9 Å². The maximum atomic E-state index is 12.4. The Labute approximate surface area is 168 Å². The first-order chi connectivity index (χ1) is 13.6. The Hall–Kier alpha value is -2.96. The highest BCUT2D eigenvalue weighted by molar-refractivity contribution is 5.94. The third-order valence-corrected chi connectivity index (χ3v) is 4.35. The van der Waals surface area contributed by atoms with Crippen molar-refractivity contribution in [3.63, 3.8) is 0 Å². The SMILES string of the molecule is CCOC(=O)c1cc(N/C=C(\C)CC)c(C)c(-c2ccc(OC(F)(F)F)cc2)c1. The fraction of sp³-hybridized carbons (Fsp3) is 0.318. The van der Waals surface area contributed by atoms with E-state index in [2.05, 4.69) is 10.1 Å². The molecule has 2 rings (SSSR count). The first kappa shape index (κ1) is 22.3. The van der Waals surface area contributed by atoms with Crippen molar-refractivity contribution in [2.75, 3.05) is 11.9 Å². The summed E-state index contributed by atoms with van der Waals surface area (Å²) >= 11 is 0. The molecule has 0 radical (unpaired) electrons. The molecule has 4 nitrogen and oxygen atoms in total. The van der Waals surface area contributed by atoms with E-state index in [9.17, 15) is 18.0 Å². The monoisotopic (exact) mass is 407 g/mol. The minimum absolute atomic E-state index is 0.239. The first-order valence-electron chi connectivity index (χ1n) is 9.24. The predicted octanol–water partition coefficient (Wildman–Crippen LogP) is 6.46. The third-order valence-electron chi connectivity index (χ3n) is 4.35. The van der Waals surface area contributed by atoms with E-state index < -0.39 is 12.3 Å². The fourth-order valence-corrected chi connectivity index (χ4v) is 2.64. The lowest BCUT2D eigenvalue weighted by Crippen LogP contribution is -2.16. The number of benzene rings is 2. The van der Waals surface area contributed by atoms with E-state index >= 15 is 0 Å². The average molecular weight is 407 g/mol. The van der Waals surface area contributed by atoms with Crippen LogP contribution >= 0.6 is 0 Å². The van der Waals surface area contributed by atoms with Gasteiger partial charge in [-0.15, -0.1) is 13.2 Å². The molecule has 0 aliphatic rings. The molecule has 0 saturated carbocycles. The minimum Gasteiger partial charge on any atom is -0.462 e. The van der Waals surface area contributed by atoms with Gasteiger partial charge in [0.25, 0.3) is 0 Å². The minimum atomic E-state index is -4.75. The van der Waals surface area contributed by atoms with Gasteiger partial charge in [-0.2, -0.15) is 0 Å². The second kappa shape index (κ2) is 9.49. The van der Waals surface area contributed by atoms with Gasteiger partial charge >= 0.3 is 12.3 Å². The molecule has 0 aliphatic heterocycles. The molecule has 2 aromatic carbocycles. The molecule has 0 aliphatic carbocycles. The number of esters is 1. The summed E-state index contributed by atoms with van der Waals surface area (Å²) in [5.41, 5.74) is 4.41. The maximum Gasteiger partial charge on any atom is 0.573 e. The lowest BCUT2D eigenvalue weighted by Gasteiger charge is -2.15. The number of carbonyl (C=O) groups is 1. The van der Waals surface area contributed by atoms with Crippen molar-refractivity contribution in [2.24, 2.45) is 0 Å². The summed E-state index contributed by atoms with van der Waals surface area (Å²) in [6.07, 6.45) is -2.01. The summed E-state index contributed by atoms with van der Waals surface area (Å²) in [6, 6.07) is 8.91. The zero-order valence-electron chi connectivity index (χ0n) is 16.8. The number of nitrogens with one attached hydrogen (secondary N) is 1. The van der Waals surface area contributed by atoms with Crippen molar-refractivity contribution in [1.82, 2.24) is 0 Å². The smallest absolute Gasteiger partial charge is 0.462 e. The highest BCUT2D eigenvalue weighted by atomic mass is 19.4. The van der Waals surface area contributed by atoms with E-state index in [0.717, 1.165) is 17.6 Å². The molecule has 0 amide bonds. The van der Waals surface area contributed by atoms with Crippen molar-refractivity contribution in [2.45, 2.75) is 40.5 Å². The highest BCUT2D eigenvalue weighted by Crippen LogP contribution is 2.33. The average Bonchev–Trinajstić information content (AvgIpc) is 2.66. The molecule has 2 aromatic rings. The summed E-state index contributed by atoms with van der Waals surface area (Å²) < 4.78 is 46.2. The number of rotatable bonds is 7. The molecule has 0 unspecified atom stereocenters. The number of carbonyl (C=O) groups excluding carboxylic acids is 1. The zero-order valence-corrected chi connectivity index (χ0v) is 16.8. The molecule has 0 spiro atoms. The van der Waals surface area contributed by atoms with Crippen LogP contribution in [-0.2, 0) is 4.74 Å². The van der Waals surface area contributed by atoms with E-state index in [1.54, 1.807) is 19.1 Å². The van der Waals surface area contributed by atoms with Crippen molar-refractivity contribution in [3.05, 3.63) is 59.3 Å². The molecule has 0 atom stereocenters. The molecule has 0 fully saturated rings. The van der Waals surface area contributed by atoms with E-state index in [-0.39, 0.29) is 12.4 Å². The predicted molar refractivity (Wildman–Crippen MR) is 107 cm³/mol. The van der Waals surface area contributed by atoms with E-state index in [4.69, 9.17) is 4.74 Å². The van der Waals surface area contributed by atoms with Crippen LogP contribution < -0.4 is 10.1 Å². The molecule has 0 saturated heterocycles. The van der Waals surface area contributed by atoms with Crippen LogP contribution in [0, 0.1) is 6.92 Å². The molecule has 7 heteroatoms. The van der Waals surface area contributed by atoms with Crippen molar-refractivity contribution >= 4 is 11.7 Å². The van der Waals surface area contributed by atoms with Gasteiger partial charge in [0, 0.05) is 5.69 Å². The fourth-order valence-electron chi connectivity index (χ4n) is 2.64. The van der Waals surface area contributed by atoms with Gasteiger partial charge in [-0.1, -0.05) is 24.6 Å². The first-order valence-corrected chi connectivity index (χ1v) is 9.24. The molecule has 29 heavy (non-hydrogen) atoms. The number of allylic oxidation sites excluding steroid dienone is 1. The van der Waals surface area contributed by atoms with Crippen LogP contribution in [0.5, 0.6) is 5.75 Å². The second-order valence-corrected chi connectivity index (χ2v) is 6.48. The van der Waals surface area contributed by atoms with Crippen LogP contribution in [0.1, 0.15) is 43.1 Å². The number of halogens is 3. The lowest BCUT2D eigenvalue weighted by molar-refractivity contribution is -0.274. The maximum absolute atomic E-state index is 12.4. The third kappa shape index (κ3) is 6.27. The van der Waals surface area contributed by atoms with Crippen LogP contribution in [0.4, 0.5) is 18.9 Å². The summed E-state index contributed by atoms with van der Waals surface area (Å²) in [5, 5.41) is 3.21. The molecular weight excluding hydrogens is 383 g/mol. The second-order valence-electron chi connectivity index (χ2n) is 6.48. The summed E-state index contributed by atoms with van der Waals surface area (Å²) in [5.74, 6) is -0.773. The van der Waals surface area contributed by atoms with Crippen molar-refractivity contribution < 1.29 is 27.4 Å². The molecular formula is C22H24F3NO3. The van der Waals surface area contributed by atoms with Gasteiger partial charge in [0.2, 0.25) is 0 Å². The highest BCUT2D eigenvalue weighted by Gasteiger charge is 2.31.